The van der Waals surface area contributed by atoms with Gasteiger partial charge >= 0.3 is 5.97 Å². The minimum absolute atomic E-state index is 0.102. The molecule has 0 atom stereocenters. The van der Waals surface area contributed by atoms with Crippen LogP contribution in [0.25, 0.3) is 0 Å². The van der Waals surface area contributed by atoms with Crippen LogP contribution in [0.1, 0.15) is 39.0 Å². The SMILES string of the molecule is COC(=O)CN(c1cccc(NC(C)=O)c1)C1CCCCC1. The van der Waals surface area contributed by atoms with Crippen LogP contribution >= 0.6 is 0 Å². The fourth-order valence-electron chi connectivity index (χ4n) is 2.99. The predicted molar refractivity (Wildman–Crippen MR) is 87.0 cm³/mol. The molecule has 1 aliphatic rings. The largest absolute Gasteiger partial charge is 0.468 e. The lowest BCUT2D eigenvalue weighted by atomic mass is 9.93. The van der Waals surface area contributed by atoms with Crippen molar-refractivity contribution in [3.8, 4) is 0 Å². The number of hydrogen-bond acceptors (Lipinski definition) is 4. The van der Waals surface area contributed by atoms with Crippen LogP contribution in [-0.2, 0) is 14.3 Å². The molecule has 0 spiro atoms. The van der Waals surface area contributed by atoms with Crippen LogP contribution in [0, 0.1) is 0 Å². The van der Waals surface area contributed by atoms with Gasteiger partial charge in [0.1, 0.15) is 6.54 Å². The van der Waals surface area contributed by atoms with Crippen LogP contribution < -0.4 is 10.2 Å². The summed E-state index contributed by atoms with van der Waals surface area (Å²) in [6.07, 6.45) is 5.80. The Morgan fingerprint density at radius 2 is 2.00 bits per heavy atom. The molecule has 5 nitrogen and oxygen atoms in total. The lowest BCUT2D eigenvalue weighted by Crippen LogP contribution is -2.40. The average Bonchev–Trinajstić information content (AvgIpc) is 2.52. The Morgan fingerprint density at radius 1 is 1.27 bits per heavy atom. The first-order chi connectivity index (χ1) is 10.6. The molecule has 2 rings (SSSR count). The lowest BCUT2D eigenvalue weighted by molar-refractivity contribution is -0.139. The van der Waals surface area contributed by atoms with Crippen LogP contribution in [-0.4, -0.2) is 31.6 Å². The van der Waals surface area contributed by atoms with Crippen molar-refractivity contribution in [2.45, 2.75) is 45.1 Å². The predicted octanol–water partition coefficient (Wildman–Crippen LogP) is 2.96. The van der Waals surface area contributed by atoms with Crippen molar-refractivity contribution in [3.05, 3.63) is 24.3 Å². The van der Waals surface area contributed by atoms with Crippen molar-refractivity contribution < 1.29 is 14.3 Å². The minimum atomic E-state index is -0.240. The minimum Gasteiger partial charge on any atom is -0.468 e. The summed E-state index contributed by atoms with van der Waals surface area (Å²) in [7, 11) is 1.41. The number of carbonyl (C=O) groups excluding carboxylic acids is 2. The molecule has 0 saturated heterocycles. The Hall–Kier alpha value is -2.04. The zero-order chi connectivity index (χ0) is 15.9. The van der Waals surface area contributed by atoms with E-state index in [1.165, 1.54) is 33.3 Å². The molecule has 1 aliphatic carbocycles. The van der Waals surface area contributed by atoms with Gasteiger partial charge in [0.2, 0.25) is 5.91 Å². The first kappa shape index (κ1) is 16.3. The molecular formula is C17H24N2O3. The number of rotatable bonds is 5. The van der Waals surface area contributed by atoms with Gasteiger partial charge in [0.15, 0.2) is 0 Å². The van der Waals surface area contributed by atoms with Gasteiger partial charge in [-0.1, -0.05) is 25.3 Å². The van der Waals surface area contributed by atoms with Crippen LogP contribution in [0.4, 0.5) is 11.4 Å². The number of hydrogen-bond donors (Lipinski definition) is 1. The molecule has 22 heavy (non-hydrogen) atoms. The molecule has 120 valence electrons. The summed E-state index contributed by atoms with van der Waals surface area (Å²) in [5.41, 5.74) is 1.69. The van der Waals surface area contributed by atoms with Crippen molar-refractivity contribution in [1.82, 2.24) is 0 Å². The summed E-state index contributed by atoms with van der Waals surface area (Å²) in [5, 5.41) is 2.79. The van der Waals surface area contributed by atoms with E-state index in [1.807, 2.05) is 24.3 Å². The molecule has 1 fully saturated rings. The smallest absolute Gasteiger partial charge is 0.325 e. The summed E-state index contributed by atoms with van der Waals surface area (Å²) in [5.74, 6) is -0.343. The molecule has 1 aromatic rings. The van der Waals surface area contributed by atoms with Gasteiger partial charge in [-0.2, -0.15) is 0 Å². The second-order valence-corrected chi connectivity index (χ2v) is 5.73. The highest BCUT2D eigenvalue weighted by Gasteiger charge is 2.24. The summed E-state index contributed by atoms with van der Waals surface area (Å²) < 4.78 is 4.84. The Labute approximate surface area is 131 Å². The number of nitrogens with zero attached hydrogens (tertiary/aromatic N) is 1. The van der Waals surface area contributed by atoms with Gasteiger partial charge in [0, 0.05) is 24.3 Å². The second-order valence-electron chi connectivity index (χ2n) is 5.73. The van der Waals surface area contributed by atoms with E-state index in [1.54, 1.807) is 0 Å². The molecule has 0 heterocycles. The van der Waals surface area contributed by atoms with Gasteiger partial charge in [-0.25, -0.2) is 0 Å². The maximum Gasteiger partial charge on any atom is 0.325 e. The van der Waals surface area contributed by atoms with Gasteiger partial charge < -0.3 is 15.0 Å². The zero-order valence-corrected chi connectivity index (χ0v) is 13.3. The van der Waals surface area contributed by atoms with Gasteiger partial charge in [0.05, 0.1) is 7.11 Å². The van der Waals surface area contributed by atoms with E-state index in [-0.39, 0.29) is 18.4 Å². The molecule has 0 bridgehead atoms. The Balaban J connectivity index is 2.22. The first-order valence-corrected chi connectivity index (χ1v) is 7.81. The maximum atomic E-state index is 11.8. The maximum absolute atomic E-state index is 11.8. The van der Waals surface area contributed by atoms with Crippen molar-refractivity contribution in [3.63, 3.8) is 0 Å². The van der Waals surface area contributed by atoms with E-state index in [0.29, 0.717) is 6.04 Å². The molecule has 1 aromatic carbocycles. The normalized spacial score (nSPS) is 15.2. The van der Waals surface area contributed by atoms with E-state index in [2.05, 4.69) is 10.2 Å². The summed E-state index contributed by atoms with van der Waals surface area (Å²) in [6.45, 7) is 1.73. The second kappa shape index (κ2) is 7.82. The Kier molecular flexibility index (Phi) is 5.81. The molecule has 1 N–H and O–H groups in total. The standard InChI is InChI=1S/C17H24N2O3/c1-13(20)18-14-7-6-10-16(11-14)19(12-17(21)22-2)15-8-4-3-5-9-15/h6-7,10-11,15H,3-5,8-9,12H2,1-2H3,(H,18,20). The molecule has 0 unspecified atom stereocenters. The third-order valence-corrected chi connectivity index (χ3v) is 4.04. The van der Waals surface area contributed by atoms with E-state index < -0.39 is 0 Å². The van der Waals surface area contributed by atoms with E-state index in [4.69, 9.17) is 4.74 Å². The number of benzene rings is 1. The highest BCUT2D eigenvalue weighted by atomic mass is 16.5. The third kappa shape index (κ3) is 4.48. The van der Waals surface area contributed by atoms with Gasteiger partial charge in [-0.3, -0.25) is 9.59 Å². The van der Waals surface area contributed by atoms with E-state index >= 15 is 0 Å². The number of anilines is 2. The number of amides is 1. The quantitative estimate of drug-likeness (QED) is 0.850. The lowest BCUT2D eigenvalue weighted by Gasteiger charge is -2.35. The highest BCUT2D eigenvalue weighted by molar-refractivity contribution is 5.89. The molecule has 0 aromatic heterocycles. The molecule has 1 amide bonds. The number of carbonyl (C=O) groups is 2. The summed E-state index contributed by atoms with van der Waals surface area (Å²) >= 11 is 0. The molecule has 0 aliphatic heterocycles. The van der Waals surface area contributed by atoms with E-state index in [0.717, 1.165) is 24.2 Å². The molecular weight excluding hydrogens is 280 g/mol. The van der Waals surface area contributed by atoms with Crippen molar-refractivity contribution in [1.29, 1.82) is 0 Å². The number of methoxy groups -OCH3 is 1. The Morgan fingerprint density at radius 3 is 2.64 bits per heavy atom. The molecule has 0 radical (unpaired) electrons. The fraction of sp³-hybridized carbons (Fsp3) is 0.529. The molecule has 5 heteroatoms. The summed E-state index contributed by atoms with van der Waals surface area (Å²) in [4.78, 5) is 25.1. The van der Waals surface area contributed by atoms with E-state index in [9.17, 15) is 9.59 Å². The number of nitrogens with one attached hydrogen (secondary N) is 1. The monoisotopic (exact) mass is 304 g/mol. The van der Waals surface area contributed by atoms with Gasteiger partial charge in [0.25, 0.3) is 0 Å². The number of esters is 1. The average molecular weight is 304 g/mol. The van der Waals surface area contributed by atoms with Crippen LogP contribution in [0.5, 0.6) is 0 Å². The summed E-state index contributed by atoms with van der Waals surface area (Å²) in [6, 6.07) is 7.98. The zero-order valence-electron chi connectivity index (χ0n) is 13.3. The van der Waals surface area contributed by atoms with Crippen molar-refractivity contribution in [2.24, 2.45) is 0 Å². The van der Waals surface area contributed by atoms with Gasteiger partial charge in [-0.05, 0) is 31.0 Å². The third-order valence-electron chi connectivity index (χ3n) is 4.04. The van der Waals surface area contributed by atoms with Crippen LogP contribution in [0.3, 0.4) is 0 Å². The first-order valence-electron chi connectivity index (χ1n) is 7.81. The van der Waals surface area contributed by atoms with Gasteiger partial charge in [-0.15, -0.1) is 0 Å². The fourth-order valence-corrected chi connectivity index (χ4v) is 2.99. The van der Waals surface area contributed by atoms with Crippen molar-refractivity contribution in [2.75, 3.05) is 23.9 Å². The van der Waals surface area contributed by atoms with Crippen LogP contribution in [0.2, 0.25) is 0 Å². The topological polar surface area (TPSA) is 58.6 Å². The van der Waals surface area contributed by atoms with Crippen molar-refractivity contribution >= 4 is 23.3 Å². The number of ether oxygens (including phenoxy) is 1. The highest BCUT2D eigenvalue weighted by Crippen LogP contribution is 2.28. The van der Waals surface area contributed by atoms with Crippen LogP contribution in [0.15, 0.2) is 24.3 Å². The molecule has 1 saturated carbocycles. The Bertz CT molecular complexity index is 524.